The van der Waals surface area contributed by atoms with Gasteiger partial charge in [-0.2, -0.15) is 0 Å². The van der Waals surface area contributed by atoms with Gasteiger partial charge in [0.05, 0.1) is 12.8 Å². The lowest BCUT2D eigenvalue weighted by atomic mass is 10.1. The summed E-state index contributed by atoms with van der Waals surface area (Å²) in [6.07, 6.45) is 0. The van der Waals surface area contributed by atoms with Gasteiger partial charge in [0.15, 0.2) is 0 Å². The minimum absolute atomic E-state index is 0.137. The number of ether oxygens (including phenoxy) is 1. The van der Waals surface area contributed by atoms with Crippen molar-refractivity contribution in [2.75, 3.05) is 12.4 Å². The average molecular weight is 255 g/mol. The molecule has 0 saturated heterocycles. The molecule has 0 aliphatic heterocycles. The van der Waals surface area contributed by atoms with E-state index in [0.29, 0.717) is 17.0 Å². The molecule has 0 aromatic heterocycles. The number of hydrogen-bond acceptors (Lipinski definition) is 2. The van der Waals surface area contributed by atoms with Crippen LogP contribution in [0, 0.1) is 13.8 Å². The summed E-state index contributed by atoms with van der Waals surface area (Å²) in [5, 5.41) is 2.88. The second-order valence-electron chi connectivity index (χ2n) is 4.46. The summed E-state index contributed by atoms with van der Waals surface area (Å²) in [5.41, 5.74) is 3.57. The van der Waals surface area contributed by atoms with Gasteiger partial charge < -0.3 is 10.1 Å². The largest absolute Gasteiger partial charge is 0.495 e. The molecule has 0 atom stereocenters. The minimum atomic E-state index is -0.137. The quantitative estimate of drug-likeness (QED) is 0.910. The fraction of sp³-hybridized carbons (Fsp3) is 0.188. The number of carbonyl (C=O) groups excluding carboxylic acids is 1. The maximum atomic E-state index is 12.1. The third kappa shape index (κ3) is 2.94. The van der Waals surface area contributed by atoms with Gasteiger partial charge in [-0.05, 0) is 49.2 Å². The van der Waals surface area contributed by atoms with Crippen LogP contribution in [0.1, 0.15) is 21.5 Å². The molecule has 2 rings (SSSR count). The molecule has 0 aliphatic carbocycles. The van der Waals surface area contributed by atoms with Crippen molar-refractivity contribution in [1.82, 2.24) is 0 Å². The summed E-state index contributed by atoms with van der Waals surface area (Å²) in [4.78, 5) is 12.1. The Bertz CT molecular complexity index is 591. The van der Waals surface area contributed by atoms with Gasteiger partial charge in [0.1, 0.15) is 5.75 Å². The summed E-state index contributed by atoms with van der Waals surface area (Å²) < 4.78 is 5.30. The van der Waals surface area contributed by atoms with Crippen LogP contribution in [0.25, 0.3) is 0 Å². The number of nitrogens with one attached hydrogen (secondary N) is 1. The maximum Gasteiger partial charge on any atom is 0.255 e. The van der Waals surface area contributed by atoms with Crippen molar-refractivity contribution in [3.05, 3.63) is 59.2 Å². The Morgan fingerprint density at radius 1 is 1.05 bits per heavy atom. The van der Waals surface area contributed by atoms with E-state index in [-0.39, 0.29) is 5.91 Å². The van der Waals surface area contributed by atoms with Crippen LogP contribution in [0.3, 0.4) is 0 Å². The molecule has 3 heteroatoms. The van der Waals surface area contributed by atoms with Gasteiger partial charge in [-0.15, -0.1) is 0 Å². The number of benzene rings is 2. The van der Waals surface area contributed by atoms with E-state index < -0.39 is 0 Å². The third-order valence-electron chi connectivity index (χ3n) is 3.10. The highest BCUT2D eigenvalue weighted by Gasteiger charge is 2.10. The van der Waals surface area contributed by atoms with Gasteiger partial charge in [0.2, 0.25) is 0 Å². The third-order valence-corrected chi connectivity index (χ3v) is 3.10. The zero-order chi connectivity index (χ0) is 13.8. The molecule has 0 heterocycles. The molecule has 19 heavy (non-hydrogen) atoms. The fourth-order valence-electron chi connectivity index (χ4n) is 1.84. The molecule has 0 fully saturated rings. The monoisotopic (exact) mass is 255 g/mol. The molecule has 0 spiro atoms. The Morgan fingerprint density at radius 3 is 2.32 bits per heavy atom. The van der Waals surface area contributed by atoms with Crippen LogP contribution in [-0.2, 0) is 0 Å². The Balaban J connectivity index is 2.28. The van der Waals surface area contributed by atoms with Crippen molar-refractivity contribution in [3.63, 3.8) is 0 Å². The van der Waals surface area contributed by atoms with Crippen molar-refractivity contribution >= 4 is 11.6 Å². The summed E-state index contributed by atoms with van der Waals surface area (Å²) in [5.74, 6) is 0.537. The molecule has 0 bridgehead atoms. The SMILES string of the molecule is COc1cc(C)c(C)cc1NC(=O)c1ccccc1. The van der Waals surface area contributed by atoms with E-state index in [1.807, 2.05) is 44.2 Å². The summed E-state index contributed by atoms with van der Waals surface area (Å²) in [6, 6.07) is 13.0. The molecule has 0 aliphatic rings. The molecular weight excluding hydrogens is 238 g/mol. The Hall–Kier alpha value is -2.29. The van der Waals surface area contributed by atoms with E-state index in [9.17, 15) is 4.79 Å². The molecule has 1 amide bonds. The van der Waals surface area contributed by atoms with E-state index in [4.69, 9.17) is 4.74 Å². The highest BCUT2D eigenvalue weighted by atomic mass is 16.5. The maximum absolute atomic E-state index is 12.1. The zero-order valence-electron chi connectivity index (χ0n) is 11.4. The van der Waals surface area contributed by atoms with E-state index >= 15 is 0 Å². The first kappa shape index (κ1) is 13.1. The number of rotatable bonds is 3. The van der Waals surface area contributed by atoms with Crippen molar-refractivity contribution < 1.29 is 9.53 Å². The van der Waals surface area contributed by atoms with E-state index in [2.05, 4.69) is 5.32 Å². The Labute approximate surface area is 113 Å². The van der Waals surface area contributed by atoms with Gasteiger partial charge in [-0.3, -0.25) is 4.79 Å². The zero-order valence-corrected chi connectivity index (χ0v) is 11.4. The fourth-order valence-corrected chi connectivity index (χ4v) is 1.84. The predicted molar refractivity (Wildman–Crippen MR) is 76.9 cm³/mol. The smallest absolute Gasteiger partial charge is 0.255 e. The van der Waals surface area contributed by atoms with Crippen LogP contribution >= 0.6 is 0 Å². The number of anilines is 1. The first-order chi connectivity index (χ1) is 9.11. The molecule has 0 saturated carbocycles. The Kier molecular flexibility index (Phi) is 3.85. The molecule has 2 aromatic rings. The number of aryl methyl sites for hydroxylation is 2. The molecule has 0 unspecified atom stereocenters. The topological polar surface area (TPSA) is 38.3 Å². The number of hydrogen-bond donors (Lipinski definition) is 1. The van der Waals surface area contributed by atoms with Gasteiger partial charge in [0.25, 0.3) is 5.91 Å². The van der Waals surface area contributed by atoms with Crippen molar-refractivity contribution in [1.29, 1.82) is 0 Å². The van der Waals surface area contributed by atoms with Crippen LogP contribution in [-0.4, -0.2) is 13.0 Å². The summed E-state index contributed by atoms with van der Waals surface area (Å²) in [6.45, 7) is 4.02. The molecule has 0 radical (unpaired) electrons. The predicted octanol–water partition coefficient (Wildman–Crippen LogP) is 3.56. The van der Waals surface area contributed by atoms with Gasteiger partial charge >= 0.3 is 0 Å². The number of carbonyl (C=O) groups is 1. The van der Waals surface area contributed by atoms with Crippen molar-refractivity contribution in [2.24, 2.45) is 0 Å². The van der Waals surface area contributed by atoms with Crippen molar-refractivity contribution in [2.45, 2.75) is 13.8 Å². The van der Waals surface area contributed by atoms with Crippen LogP contribution in [0.2, 0.25) is 0 Å². The lowest BCUT2D eigenvalue weighted by Gasteiger charge is -2.13. The van der Waals surface area contributed by atoms with Crippen LogP contribution in [0.5, 0.6) is 5.75 Å². The first-order valence-corrected chi connectivity index (χ1v) is 6.13. The van der Waals surface area contributed by atoms with E-state index in [1.165, 1.54) is 0 Å². The highest BCUT2D eigenvalue weighted by molar-refractivity contribution is 6.05. The molecule has 3 nitrogen and oxygen atoms in total. The lowest BCUT2D eigenvalue weighted by molar-refractivity contribution is 0.102. The summed E-state index contributed by atoms with van der Waals surface area (Å²) >= 11 is 0. The van der Waals surface area contributed by atoms with E-state index in [1.54, 1.807) is 19.2 Å². The lowest BCUT2D eigenvalue weighted by Crippen LogP contribution is -2.12. The van der Waals surface area contributed by atoms with Gasteiger partial charge in [0, 0.05) is 5.56 Å². The van der Waals surface area contributed by atoms with E-state index in [0.717, 1.165) is 11.1 Å². The van der Waals surface area contributed by atoms with Gasteiger partial charge in [-0.25, -0.2) is 0 Å². The van der Waals surface area contributed by atoms with Crippen LogP contribution in [0.4, 0.5) is 5.69 Å². The molecule has 1 N–H and O–H groups in total. The van der Waals surface area contributed by atoms with Crippen molar-refractivity contribution in [3.8, 4) is 5.75 Å². The average Bonchev–Trinajstić information content (AvgIpc) is 2.43. The van der Waals surface area contributed by atoms with Crippen LogP contribution < -0.4 is 10.1 Å². The highest BCUT2D eigenvalue weighted by Crippen LogP contribution is 2.28. The van der Waals surface area contributed by atoms with Gasteiger partial charge in [-0.1, -0.05) is 18.2 Å². The first-order valence-electron chi connectivity index (χ1n) is 6.13. The Morgan fingerprint density at radius 2 is 1.68 bits per heavy atom. The molecule has 98 valence electrons. The number of amides is 1. The second kappa shape index (κ2) is 5.57. The molecular formula is C16H17NO2. The molecule has 2 aromatic carbocycles. The standard InChI is InChI=1S/C16H17NO2/c1-11-9-14(15(19-3)10-12(11)2)17-16(18)13-7-5-4-6-8-13/h4-10H,1-3H3,(H,17,18). The summed E-state index contributed by atoms with van der Waals surface area (Å²) in [7, 11) is 1.60. The minimum Gasteiger partial charge on any atom is -0.495 e. The number of methoxy groups -OCH3 is 1. The normalized spacial score (nSPS) is 10.1. The second-order valence-corrected chi connectivity index (χ2v) is 4.46. The van der Waals surface area contributed by atoms with Crippen LogP contribution in [0.15, 0.2) is 42.5 Å².